The molecule has 5 nitrogen and oxygen atoms in total. The van der Waals surface area contributed by atoms with Crippen LogP contribution in [0.1, 0.15) is 46.0 Å². The molecule has 1 aromatic rings. The SMILES string of the molecule is CCN(C(=O)c1cc(C#N)cc(Cl)c1C(N)=O)C1CC1. The van der Waals surface area contributed by atoms with Gasteiger partial charge in [0, 0.05) is 12.6 Å². The van der Waals surface area contributed by atoms with Crippen LogP contribution in [0.3, 0.4) is 0 Å². The summed E-state index contributed by atoms with van der Waals surface area (Å²) < 4.78 is 0. The molecular formula is C14H14ClN3O2. The Balaban J connectivity index is 2.53. The second-order valence-corrected chi connectivity index (χ2v) is 5.09. The van der Waals surface area contributed by atoms with Crippen molar-refractivity contribution in [3.05, 3.63) is 33.8 Å². The van der Waals surface area contributed by atoms with Crippen molar-refractivity contribution >= 4 is 23.4 Å². The van der Waals surface area contributed by atoms with Crippen LogP contribution in [-0.2, 0) is 0 Å². The Bertz CT molecular complexity index is 618. The number of carbonyl (C=O) groups is 2. The van der Waals surface area contributed by atoms with Crippen LogP contribution in [0, 0.1) is 11.3 Å². The number of primary amides is 1. The predicted octanol–water partition coefficient (Wildman–Crippen LogP) is 1.94. The van der Waals surface area contributed by atoms with Crippen LogP contribution in [0.15, 0.2) is 12.1 Å². The molecule has 2 amide bonds. The van der Waals surface area contributed by atoms with Gasteiger partial charge in [-0.25, -0.2) is 0 Å². The number of amides is 2. The highest BCUT2D eigenvalue weighted by Gasteiger charge is 2.33. The fourth-order valence-corrected chi connectivity index (χ4v) is 2.51. The zero-order valence-corrected chi connectivity index (χ0v) is 11.8. The summed E-state index contributed by atoms with van der Waals surface area (Å²) in [4.78, 5) is 25.8. The van der Waals surface area contributed by atoms with Crippen LogP contribution in [0.4, 0.5) is 0 Å². The van der Waals surface area contributed by atoms with Crippen molar-refractivity contribution in [2.45, 2.75) is 25.8 Å². The number of carbonyl (C=O) groups excluding carboxylic acids is 2. The van der Waals surface area contributed by atoms with Gasteiger partial charge in [0.2, 0.25) is 0 Å². The number of benzene rings is 1. The van der Waals surface area contributed by atoms with Crippen LogP contribution in [-0.4, -0.2) is 29.3 Å². The molecule has 0 aliphatic heterocycles. The monoisotopic (exact) mass is 291 g/mol. The third-order valence-electron chi connectivity index (χ3n) is 3.29. The largest absolute Gasteiger partial charge is 0.366 e. The van der Waals surface area contributed by atoms with Crippen LogP contribution in [0.2, 0.25) is 5.02 Å². The van der Waals surface area contributed by atoms with Crippen LogP contribution < -0.4 is 5.73 Å². The molecule has 1 aliphatic rings. The number of nitriles is 1. The highest BCUT2D eigenvalue weighted by molar-refractivity contribution is 6.35. The summed E-state index contributed by atoms with van der Waals surface area (Å²) >= 11 is 5.97. The van der Waals surface area contributed by atoms with Crippen molar-refractivity contribution in [2.75, 3.05) is 6.54 Å². The molecule has 0 atom stereocenters. The molecular weight excluding hydrogens is 278 g/mol. The van der Waals surface area contributed by atoms with E-state index in [1.54, 1.807) is 4.90 Å². The van der Waals surface area contributed by atoms with Gasteiger partial charge in [-0.3, -0.25) is 9.59 Å². The fourth-order valence-electron chi connectivity index (χ4n) is 2.20. The second kappa shape index (κ2) is 5.51. The summed E-state index contributed by atoms with van der Waals surface area (Å²) in [6, 6.07) is 4.84. The summed E-state index contributed by atoms with van der Waals surface area (Å²) in [7, 11) is 0. The molecule has 1 saturated carbocycles. The second-order valence-electron chi connectivity index (χ2n) is 4.68. The zero-order chi connectivity index (χ0) is 14.9. The molecule has 0 spiro atoms. The van der Waals surface area contributed by atoms with E-state index in [1.165, 1.54) is 12.1 Å². The third-order valence-corrected chi connectivity index (χ3v) is 3.58. The number of nitrogens with zero attached hydrogens (tertiary/aromatic N) is 2. The first-order valence-electron chi connectivity index (χ1n) is 6.34. The lowest BCUT2D eigenvalue weighted by molar-refractivity contribution is 0.0747. The summed E-state index contributed by atoms with van der Waals surface area (Å²) in [5, 5.41) is 9.00. The maximum atomic E-state index is 12.6. The lowest BCUT2D eigenvalue weighted by Gasteiger charge is -2.21. The van der Waals surface area contributed by atoms with Crippen molar-refractivity contribution in [2.24, 2.45) is 5.73 Å². The molecule has 20 heavy (non-hydrogen) atoms. The number of halogens is 1. The van der Waals surface area contributed by atoms with E-state index in [-0.39, 0.29) is 33.7 Å². The van der Waals surface area contributed by atoms with Crippen LogP contribution in [0.25, 0.3) is 0 Å². The number of rotatable bonds is 4. The molecule has 2 rings (SSSR count). The van der Waals surface area contributed by atoms with Crippen molar-refractivity contribution in [1.82, 2.24) is 4.90 Å². The minimum absolute atomic E-state index is 0.0187. The van der Waals surface area contributed by atoms with Gasteiger partial charge in [0.1, 0.15) is 0 Å². The average molecular weight is 292 g/mol. The predicted molar refractivity (Wildman–Crippen MR) is 74.4 cm³/mol. The molecule has 1 aliphatic carbocycles. The van der Waals surface area contributed by atoms with E-state index in [2.05, 4.69) is 0 Å². The van der Waals surface area contributed by atoms with Crippen molar-refractivity contribution in [3.8, 4) is 6.07 Å². The van der Waals surface area contributed by atoms with E-state index < -0.39 is 5.91 Å². The Labute approximate surface area is 121 Å². The highest BCUT2D eigenvalue weighted by atomic mass is 35.5. The first-order chi connectivity index (χ1) is 9.49. The number of hydrogen-bond acceptors (Lipinski definition) is 3. The van der Waals surface area contributed by atoms with Gasteiger partial charge in [0.25, 0.3) is 11.8 Å². The van der Waals surface area contributed by atoms with E-state index in [9.17, 15) is 9.59 Å². The summed E-state index contributed by atoms with van der Waals surface area (Å²) in [5.74, 6) is -1.07. The van der Waals surface area contributed by atoms with Gasteiger partial charge in [-0.2, -0.15) is 5.26 Å². The van der Waals surface area contributed by atoms with Crippen molar-refractivity contribution in [3.63, 3.8) is 0 Å². The Morgan fingerprint density at radius 1 is 1.50 bits per heavy atom. The lowest BCUT2D eigenvalue weighted by atomic mass is 10.0. The standard InChI is InChI=1S/C14H14ClN3O2/c1-2-18(9-3-4-9)14(20)10-5-8(7-16)6-11(15)12(10)13(17)19/h5-6,9H,2-4H2,1H3,(H2,17,19). The first kappa shape index (κ1) is 14.4. The summed E-state index contributed by atoms with van der Waals surface area (Å²) in [6.07, 6.45) is 1.91. The molecule has 0 heterocycles. The molecule has 1 aromatic carbocycles. The number of hydrogen-bond donors (Lipinski definition) is 1. The molecule has 6 heteroatoms. The Kier molecular flexibility index (Phi) is 3.96. The van der Waals surface area contributed by atoms with Gasteiger partial charge in [0.15, 0.2) is 0 Å². The topological polar surface area (TPSA) is 87.2 Å². The van der Waals surface area contributed by atoms with Gasteiger partial charge in [-0.15, -0.1) is 0 Å². The number of nitrogens with two attached hydrogens (primary N) is 1. The van der Waals surface area contributed by atoms with E-state index >= 15 is 0 Å². The molecule has 0 unspecified atom stereocenters. The Hall–Kier alpha value is -2.06. The molecule has 104 valence electrons. The first-order valence-corrected chi connectivity index (χ1v) is 6.71. The van der Waals surface area contributed by atoms with Crippen LogP contribution in [0.5, 0.6) is 0 Å². The zero-order valence-electron chi connectivity index (χ0n) is 11.0. The fraction of sp³-hybridized carbons (Fsp3) is 0.357. The van der Waals surface area contributed by atoms with Gasteiger partial charge < -0.3 is 10.6 Å². The smallest absolute Gasteiger partial charge is 0.255 e. The molecule has 2 N–H and O–H groups in total. The van der Waals surface area contributed by atoms with E-state index in [1.807, 2.05) is 13.0 Å². The van der Waals surface area contributed by atoms with Gasteiger partial charge >= 0.3 is 0 Å². The summed E-state index contributed by atoms with van der Waals surface area (Å²) in [5.41, 5.74) is 5.62. The highest BCUT2D eigenvalue weighted by Crippen LogP contribution is 2.30. The van der Waals surface area contributed by atoms with E-state index in [0.717, 1.165) is 12.8 Å². The van der Waals surface area contributed by atoms with Crippen molar-refractivity contribution in [1.29, 1.82) is 5.26 Å². The van der Waals surface area contributed by atoms with Crippen LogP contribution >= 0.6 is 11.6 Å². The lowest BCUT2D eigenvalue weighted by Crippen LogP contribution is -2.34. The third kappa shape index (κ3) is 2.61. The molecule has 1 fully saturated rings. The van der Waals surface area contributed by atoms with E-state index in [0.29, 0.717) is 6.54 Å². The molecule has 0 bridgehead atoms. The van der Waals surface area contributed by atoms with Crippen molar-refractivity contribution < 1.29 is 9.59 Å². The Morgan fingerprint density at radius 2 is 2.15 bits per heavy atom. The average Bonchev–Trinajstić information content (AvgIpc) is 3.22. The quantitative estimate of drug-likeness (QED) is 0.919. The van der Waals surface area contributed by atoms with Gasteiger partial charge in [-0.05, 0) is 31.9 Å². The van der Waals surface area contributed by atoms with Gasteiger partial charge in [-0.1, -0.05) is 11.6 Å². The summed E-state index contributed by atoms with van der Waals surface area (Å²) in [6.45, 7) is 2.41. The minimum Gasteiger partial charge on any atom is -0.366 e. The maximum absolute atomic E-state index is 12.6. The van der Waals surface area contributed by atoms with Gasteiger partial charge in [0.05, 0.1) is 27.8 Å². The Morgan fingerprint density at radius 3 is 2.60 bits per heavy atom. The minimum atomic E-state index is -0.769. The molecule has 0 aromatic heterocycles. The molecule has 0 saturated heterocycles. The normalized spacial score (nSPS) is 13.7. The van der Waals surface area contributed by atoms with E-state index in [4.69, 9.17) is 22.6 Å². The maximum Gasteiger partial charge on any atom is 0.255 e. The molecule has 0 radical (unpaired) electrons.